The molecule has 0 spiro atoms. The Morgan fingerprint density at radius 2 is 2.25 bits per heavy atom. The highest BCUT2D eigenvalue weighted by molar-refractivity contribution is 7.92. The number of pyridine rings is 1. The van der Waals surface area contributed by atoms with Crippen molar-refractivity contribution >= 4 is 16.0 Å². The molecule has 1 aromatic rings. The fourth-order valence-electron chi connectivity index (χ4n) is 2.00. The van der Waals surface area contributed by atoms with E-state index in [9.17, 15) is 13.2 Å². The van der Waals surface area contributed by atoms with Crippen LogP contribution in [0, 0.1) is 0 Å². The van der Waals surface area contributed by atoms with Crippen molar-refractivity contribution in [1.29, 1.82) is 0 Å². The van der Waals surface area contributed by atoms with Gasteiger partial charge in [0.05, 0.1) is 12.4 Å². The Kier molecular flexibility index (Phi) is 4.56. The normalized spacial score (nSPS) is 24.2. The fraction of sp³-hybridized carbons (Fsp3) is 0.500. The molecule has 0 bridgehead atoms. The first-order valence-electron chi connectivity index (χ1n) is 6.03. The number of nitrogens with zero attached hydrogens (tertiary/aromatic N) is 1. The highest BCUT2D eigenvalue weighted by atomic mass is 32.2. The number of methoxy groups -OCH3 is 1. The van der Waals surface area contributed by atoms with Crippen molar-refractivity contribution in [3.63, 3.8) is 0 Å². The summed E-state index contributed by atoms with van der Waals surface area (Å²) in [5.41, 5.74) is 0. The van der Waals surface area contributed by atoms with E-state index >= 15 is 0 Å². The van der Waals surface area contributed by atoms with E-state index in [-0.39, 0.29) is 24.7 Å². The smallest absolute Gasteiger partial charge is 0.429 e. The second-order valence-corrected chi connectivity index (χ2v) is 6.67. The molecular weight excluding hydrogens is 286 g/mol. The number of aromatic nitrogens is 1. The molecule has 0 N–H and O–H groups in total. The van der Waals surface area contributed by atoms with Crippen molar-refractivity contribution in [3.05, 3.63) is 24.4 Å². The molecule has 1 aliphatic heterocycles. The summed E-state index contributed by atoms with van der Waals surface area (Å²) in [6, 6.07) is 4.83. The van der Waals surface area contributed by atoms with Crippen LogP contribution in [0.4, 0.5) is 4.79 Å². The van der Waals surface area contributed by atoms with Gasteiger partial charge in [-0.3, -0.25) is 0 Å². The number of rotatable bonds is 4. The van der Waals surface area contributed by atoms with E-state index in [1.165, 1.54) is 19.4 Å². The highest BCUT2D eigenvalue weighted by Gasteiger charge is 2.43. The van der Waals surface area contributed by atoms with E-state index in [2.05, 4.69) is 4.98 Å². The first-order valence-corrected chi connectivity index (χ1v) is 7.74. The maximum absolute atomic E-state index is 11.8. The summed E-state index contributed by atoms with van der Waals surface area (Å²) in [5, 5.41) is -0.844. The topological polar surface area (TPSA) is 91.8 Å². The lowest BCUT2D eigenvalue weighted by molar-refractivity contribution is 0.0459. The van der Waals surface area contributed by atoms with Gasteiger partial charge in [0.1, 0.15) is 11.4 Å². The third-order valence-corrected chi connectivity index (χ3v) is 5.13. The van der Waals surface area contributed by atoms with Gasteiger partial charge in [-0.15, -0.1) is 0 Å². The molecule has 0 unspecified atom stereocenters. The van der Waals surface area contributed by atoms with Crippen LogP contribution in [-0.2, 0) is 19.3 Å². The Hall–Kier alpha value is -1.67. The van der Waals surface area contributed by atoms with Crippen molar-refractivity contribution in [2.45, 2.75) is 17.8 Å². The lowest BCUT2D eigenvalue weighted by Gasteiger charge is -2.17. The van der Waals surface area contributed by atoms with Crippen LogP contribution in [0.5, 0.6) is 5.88 Å². The first-order chi connectivity index (χ1) is 9.53. The van der Waals surface area contributed by atoms with Gasteiger partial charge < -0.3 is 14.2 Å². The minimum Gasteiger partial charge on any atom is -0.429 e. The molecule has 2 heterocycles. The number of carbonyl (C=O) groups is 1. The Bertz CT molecular complexity index is 559. The maximum atomic E-state index is 11.8. The summed E-state index contributed by atoms with van der Waals surface area (Å²) in [5.74, 6) is 0.0735. The van der Waals surface area contributed by atoms with Gasteiger partial charge in [-0.05, 0) is 12.5 Å². The van der Waals surface area contributed by atoms with E-state index in [1.807, 2.05) is 0 Å². The predicted molar refractivity (Wildman–Crippen MR) is 69.2 cm³/mol. The zero-order valence-corrected chi connectivity index (χ0v) is 11.7. The van der Waals surface area contributed by atoms with Crippen molar-refractivity contribution in [2.75, 3.05) is 19.5 Å². The number of sulfone groups is 1. The molecule has 0 aromatic carbocycles. The van der Waals surface area contributed by atoms with Crippen LogP contribution in [0.25, 0.3) is 0 Å². The summed E-state index contributed by atoms with van der Waals surface area (Å²) in [6.07, 6.45) is -0.00704. The Morgan fingerprint density at radius 1 is 1.45 bits per heavy atom. The van der Waals surface area contributed by atoms with Crippen LogP contribution in [0.3, 0.4) is 0 Å². The van der Waals surface area contributed by atoms with E-state index in [0.717, 1.165) is 0 Å². The molecule has 1 saturated heterocycles. The van der Waals surface area contributed by atoms with E-state index in [0.29, 0.717) is 0 Å². The van der Waals surface area contributed by atoms with Crippen LogP contribution in [0.1, 0.15) is 6.42 Å². The van der Waals surface area contributed by atoms with Gasteiger partial charge in [-0.1, -0.05) is 6.07 Å². The maximum Gasteiger partial charge on any atom is 0.515 e. The van der Waals surface area contributed by atoms with Crippen LogP contribution in [0.2, 0.25) is 0 Å². The summed E-state index contributed by atoms with van der Waals surface area (Å²) < 4.78 is 38.3. The lowest BCUT2D eigenvalue weighted by Crippen LogP contribution is -2.35. The molecular formula is C12H15NO6S. The van der Waals surface area contributed by atoms with Crippen molar-refractivity contribution in [2.24, 2.45) is 0 Å². The molecule has 1 aromatic heterocycles. The van der Waals surface area contributed by atoms with Gasteiger partial charge in [-0.2, -0.15) is 0 Å². The largest absolute Gasteiger partial charge is 0.515 e. The van der Waals surface area contributed by atoms with E-state index in [4.69, 9.17) is 14.2 Å². The molecule has 2 rings (SSSR count). The Morgan fingerprint density at radius 3 is 2.90 bits per heavy atom. The summed E-state index contributed by atoms with van der Waals surface area (Å²) in [4.78, 5) is 15.4. The Labute approximate surface area is 116 Å². The summed E-state index contributed by atoms with van der Waals surface area (Å²) in [7, 11) is -1.89. The van der Waals surface area contributed by atoms with Gasteiger partial charge >= 0.3 is 6.16 Å². The summed E-state index contributed by atoms with van der Waals surface area (Å²) >= 11 is 0. The molecule has 7 nitrogen and oxygen atoms in total. The summed E-state index contributed by atoms with van der Waals surface area (Å²) in [6.45, 7) is -0.0101. The zero-order valence-electron chi connectivity index (χ0n) is 10.9. The molecule has 20 heavy (non-hydrogen) atoms. The third-order valence-electron chi connectivity index (χ3n) is 2.97. The molecule has 8 heteroatoms. The van der Waals surface area contributed by atoms with Crippen molar-refractivity contribution in [1.82, 2.24) is 4.98 Å². The van der Waals surface area contributed by atoms with Crippen LogP contribution in [0.15, 0.2) is 24.4 Å². The van der Waals surface area contributed by atoms with Crippen molar-refractivity contribution in [3.8, 4) is 5.88 Å². The number of hydrogen-bond donors (Lipinski definition) is 0. The van der Waals surface area contributed by atoms with Crippen LogP contribution < -0.4 is 4.74 Å². The van der Waals surface area contributed by atoms with Crippen LogP contribution >= 0.6 is 0 Å². The number of ether oxygens (including phenoxy) is 3. The minimum absolute atomic E-state index is 0.0101. The van der Waals surface area contributed by atoms with Crippen molar-refractivity contribution < 1.29 is 27.4 Å². The average Bonchev–Trinajstić information content (AvgIpc) is 2.68. The highest BCUT2D eigenvalue weighted by Crippen LogP contribution is 2.24. The monoisotopic (exact) mass is 301 g/mol. The molecule has 0 amide bonds. The van der Waals surface area contributed by atoms with Gasteiger partial charge in [0.2, 0.25) is 5.88 Å². The number of hydrogen-bond acceptors (Lipinski definition) is 7. The predicted octanol–water partition coefficient (Wildman–Crippen LogP) is 0.799. The molecule has 110 valence electrons. The molecule has 0 saturated carbocycles. The molecule has 1 aliphatic rings. The molecule has 2 atom stereocenters. The zero-order chi connectivity index (χ0) is 14.6. The SMILES string of the molecule is COC[C@H]1[C@@H](OC(=O)Oc2ccccn2)CCS1(=O)=O. The fourth-order valence-corrected chi connectivity index (χ4v) is 3.86. The van der Waals surface area contributed by atoms with Gasteiger partial charge in [0, 0.05) is 19.4 Å². The molecule has 0 radical (unpaired) electrons. The Balaban J connectivity index is 1.97. The molecule has 1 fully saturated rings. The second-order valence-electron chi connectivity index (χ2n) is 4.33. The standard InChI is InChI=1S/C12H15NO6S/c1-17-8-10-9(5-7-20(10,15)16)18-12(14)19-11-4-2-3-6-13-11/h2-4,6,9-10H,5,7-8H2,1H3/t9-,10-/m0/s1. The van der Waals surface area contributed by atoms with Gasteiger partial charge in [0.15, 0.2) is 9.84 Å². The minimum atomic E-state index is -3.29. The third kappa shape index (κ3) is 3.45. The van der Waals surface area contributed by atoms with E-state index in [1.54, 1.807) is 12.1 Å². The van der Waals surface area contributed by atoms with E-state index < -0.39 is 27.3 Å². The van der Waals surface area contributed by atoms with Gasteiger partial charge in [0.25, 0.3) is 0 Å². The van der Waals surface area contributed by atoms with Crippen LogP contribution in [-0.4, -0.2) is 50.4 Å². The quantitative estimate of drug-likeness (QED) is 0.759. The van der Waals surface area contributed by atoms with Gasteiger partial charge in [-0.25, -0.2) is 18.2 Å². The number of carbonyl (C=O) groups excluding carboxylic acids is 1. The second kappa shape index (κ2) is 6.19. The molecule has 0 aliphatic carbocycles. The first kappa shape index (κ1) is 14.7. The lowest BCUT2D eigenvalue weighted by atomic mass is 10.2. The average molecular weight is 301 g/mol.